The molecule has 3 rings (SSSR count). The van der Waals surface area contributed by atoms with E-state index >= 15 is 0 Å². The van der Waals surface area contributed by atoms with Crippen molar-refractivity contribution in [1.82, 2.24) is 10.2 Å². The average Bonchev–Trinajstić information content (AvgIpc) is 2.64. The van der Waals surface area contributed by atoms with E-state index in [-0.39, 0.29) is 17.7 Å². The largest absolute Gasteiger partial charge is 0.491 e. The molecule has 132 valence electrons. The van der Waals surface area contributed by atoms with Crippen molar-refractivity contribution in [2.45, 2.75) is 20.0 Å². The van der Waals surface area contributed by atoms with E-state index in [4.69, 9.17) is 4.74 Å². The summed E-state index contributed by atoms with van der Waals surface area (Å²) in [6.07, 6.45) is 0.134. The van der Waals surface area contributed by atoms with E-state index in [0.29, 0.717) is 11.5 Å². The molecule has 1 heterocycles. The monoisotopic (exact) mass is 348 g/mol. The third kappa shape index (κ3) is 4.80. The molecule has 0 aliphatic carbocycles. The van der Waals surface area contributed by atoms with Gasteiger partial charge in [-0.15, -0.1) is 10.2 Å². The van der Waals surface area contributed by atoms with Crippen LogP contribution in [0.15, 0.2) is 66.7 Å². The van der Waals surface area contributed by atoms with Crippen LogP contribution in [0.2, 0.25) is 0 Å². The Hall–Kier alpha value is -3.41. The number of hydrogen-bond donors (Lipinski definition) is 2. The molecule has 0 saturated carbocycles. The molecule has 0 radical (unpaired) electrons. The van der Waals surface area contributed by atoms with Crippen LogP contribution in [-0.2, 0) is 0 Å². The summed E-state index contributed by atoms with van der Waals surface area (Å²) < 4.78 is 5.61. The number of carbonyl (C=O) groups is 1. The van der Waals surface area contributed by atoms with E-state index in [1.165, 1.54) is 0 Å². The number of nitrogens with one attached hydrogen (secondary N) is 2. The minimum absolute atomic E-state index is 0.134. The van der Waals surface area contributed by atoms with Gasteiger partial charge in [-0.3, -0.25) is 4.79 Å². The van der Waals surface area contributed by atoms with Crippen molar-refractivity contribution in [3.63, 3.8) is 0 Å². The smallest absolute Gasteiger partial charge is 0.276 e. The molecule has 6 nitrogen and oxygen atoms in total. The minimum atomic E-state index is -0.301. The molecule has 3 aromatic rings. The Kier molecular flexibility index (Phi) is 5.43. The number of aromatic nitrogens is 2. The zero-order valence-corrected chi connectivity index (χ0v) is 14.6. The van der Waals surface area contributed by atoms with E-state index in [1.54, 1.807) is 12.1 Å². The van der Waals surface area contributed by atoms with E-state index in [0.717, 1.165) is 11.4 Å². The van der Waals surface area contributed by atoms with Gasteiger partial charge < -0.3 is 15.4 Å². The molecule has 6 heteroatoms. The van der Waals surface area contributed by atoms with Crippen LogP contribution in [0.1, 0.15) is 24.3 Å². The maximum absolute atomic E-state index is 12.2. The molecule has 0 unspecified atom stereocenters. The van der Waals surface area contributed by atoms with Crippen molar-refractivity contribution in [2.75, 3.05) is 10.6 Å². The van der Waals surface area contributed by atoms with Crippen molar-refractivity contribution >= 4 is 23.1 Å². The molecule has 0 saturated heterocycles. The zero-order valence-electron chi connectivity index (χ0n) is 14.6. The molecular weight excluding hydrogens is 328 g/mol. The Labute approximate surface area is 152 Å². The summed E-state index contributed by atoms with van der Waals surface area (Å²) in [5, 5.41) is 13.9. The van der Waals surface area contributed by atoms with Gasteiger partial charge >= 0.3 is 0 Å². The summed E-state index contributed by atoms with van der Waals surface area (Å²) in [5.41, 5.74) is 1.82. The van der Waals surface area contributed by atoms with E-state index in [1.807, 2.05) is 68.4 Å². The van der Waals surface area contributed by atoms with Gasteiger partial charge in [-0.1, -0.05) is 18.2 Å². The number of anilines is 3. The average molecular weight is 348 g/mol. The Bertz CT molecular complexity index is 847. The number of rotatable bonds is 6. The van der Waals surface area contributed by atoms with Crippen LogP contribution in [0.5, 0.6) is 5.75 Å². The highest BCUT2D eigenvalue weighted by molar-refractivity contribution is 6.02. The molecule has 0 spiro atoms. The van der Waals surface area contributed by atoms with Gasteiger partial charge in [0.25, 0.3) is 5.91 Å². The van der Waals surface area contributed by atoms with Gasteiger partial charge in [-0.25, -0.2) is 0 Å². The first kappa shape index (κ1) is 17.4. The molecule has 0 fully saturated rings. The van der Waals surface area contributed by atoms with Crippen molar-refractivity contribution in [3.8, 4) is 5.75 Å². The fourth-order valence-corrected chi connectivity index (χ4v) is 2.27. The highest BCUT2D eigenvalue weighted by Gasteiger charge is 2.08. The SMILES string of the molecule is CC(C)Oc1ccc(Nc2ccc(C(=O)Nc3ccccc3)nn2)cc1. The van der Waals surface area contributed by atoms with Gasteiger partial charge in [-0.2, -0.15) is 0 Å². The number of carbonyl (C=O) groups excluding carboxylic acids is 1. The fraction of sp³-hybridized carbons (Fsp3) is 0.150. The van der Waals surface area contributed by atoms with Gasteiger partial charge in [0.1, 0.15) is 5.75 Å². The second kappa shape index (κ2) is 8.11. The maximum atomic E-state index is 12.2. The van der Waals surface area contributed by atoms with E-state index in [9.17, 15) is 4.79 Å². The lowest BCUT2D eigenvalue weighted by Crippen LogP contribution is -2.14. The number of hydrogen-bond acceptors (Lipinski definition) is 5. The Morgan fingerprint density at radius 2 is 1.62 bits per heavy atom. The molecule has 26 heavy (non-hydrogen) atoms. The van der Waals surface area contributed by atoms with Crippen LogP contribution in [-0.4, -0.2) is 22.2 Å². The Morgan fingerprint density at radius 1 is 0.885 bits per heavy atom. The van der Waals surface area contributed by atoms with Crippen molar-refractivity contribution in [2.24, 2.45) is 0 Å². The Balaban J connectivity index is 1.61. The van der Waals surface area contributed by atoms with Crippen molar-refractivity contribution in [1.29, 1.82) is 0 Å². The van der Waals surface area contributed by atoms with Crippen LogP contribution in [0.4, 0.5) is 17.2 Å². The van der Waals surface area contributed by atoms with Crippen molar-refractivity contribution in [3.05, 3.63) is 72.4 Å². The fourth-order valence-electron chi connectivity index (χ4n) is 2.27. The van der Waals surface area contributed by atoms with Gasteiger partial charge in [-0.05, 0) is 62.4 Å². The molecule has 2 N–H and O–H groups in total. The summed E-state index contributed by atoms with van der Waals surface area (Å²) in [4.78, 5) is 12.2. The number of nitrogens with zero attached hydrogens (tertiary/aromatic N) is 2. The lowest BCUT2D eigenvalue weighted by molar-refractivity contribution is 0.102. The standard InChI is InChI=1S/C20H20N4O2/c1-14(2)26-17-10-8-16(9-11-17)21-19-13-12-18(23-24-19)20(25)22-15-6-4-3-5-7-15/h3-14H,1-2H3,(H,21,24)(H,22,25). The highest BCUT2D eigenvalue weighted by atomic mass is 16.5. The second-order valence-corrected chi connectivity index (χ2v) is 5.94. The van der Waals surface area contributed by atoms with Crippen LogP contribution in [0.25, 0.3) is 0 Å². The minimum Gasteiger partial charge on any atom is -0.491 e. The first-order chi connectivity index (χ1) is 12.6. The van der Waals surface area contributed by atoms with Gasteiger partial charge in [0.15, 0.2) is 11.5 Å². The molecular formula is C20H20N4O2. The highest BCUT2D eigenvalue weighted by Crippen LogP contribution is 2.19. The number of amides is 1. The summed E-state index contributed by atoms with van der Waals surface area (Å²) >= 11 is 0. The number of para-hydroxylation sites is 1. The Morgan fingerprint density at radius 3 is 2.23 bits per heavy atom. The molecule has 0 bridgehead atoms. The van der Waals surface area contributed by atoms with Gasteiger partial charge in [0, 0.05) is 11.4 Å². The van der Waals surface area contributed by atoms with E-state index < -0.39 is 0 Å². The summed E-state index contributed by atoms with van der Waals surface area (Å²) in [6.45, 7) is 3.97. The van der Waals surface area contributed by atoms with E-state index in [2.05, 4.69) is 20.8 Å². The molecule has 2 aromatic carbocycles. The summed E-state index contributed by atoms with van der Waals surface area (Å²) in [7, 11) is 0. The number of ether oxygens (including phenoxy) is 1. The quantitative estimate of drug-likeness (QED) is 0.696. The second-order valence-electron chi connectivity index (χ2n) is 5.94. The third-order valence-electron chi connectivity index (χ3n) is 3.43. The predicted octanol–water partition coefficient (Wildman–Crippen LogP) is 4.26. The molecule has 1 aromatic heterocycles. The summed E-state index contributed by atoms with van der Waals surface area (Å²) in [5.74, 6) is 1.06. The third-order valence-corrected chi connectivity index (χ3v) is 3.43. The molecule has 1 amide bonds. The maximum Gasteiger partial charge on any atom is 0.276 e. The van der Waals surface area contributed by atoms with Crippen LogP contribution in [0, 0.1) is 0 Å². The molecule has 0 aliphatic heterocycles. The van der Waals surface area contributed by atoms with Crippen LogP contribution < -0.4 is 15.4 Å². The topological polar surface area (TPSA) is 76.1 Å². The number of benzene rings is 2. The van der Waals surface area contributed by atoms with Gasteiger partial charge in [0.2, 0.25) is 0 Å². The zero-order chi connectivity index (χ0) is 18.4. The van der Waals surface area contributed by atoms with Crippen molar-refractivity contribution < 1.29 is 9.53 Å². The lowest BCUT2D eigenvalue weighted by Gasteiger charge is -2.10. The molecule has 0 atom stereocenters. The first-order valence-corrected chi connectivity index (χ1v) is 8.34. The predicted molar refractivity (Wildman–Crippen MR) is 102 cm³/mol. The van der Waals surface area contributed by atoms with Crippen LogP contribution in [0.3, 0.4) is 0 Å². The normalized spacial score (nSPS) is 10.4. The van der Waals surface area contributed by atoms with Crippen LogP contribution >= 0.6 is 0 Å². The molecule has 0 aliphatic rings. The lowest BCUT2D eigenvalue weighted by atomic mass is 10.3. The first-order valence-electron chi connectivity index (χ1n) is 8.34. The summed E-state index contributed by atoms with van der Waals surface area (Å²) in [6, 6.07) is 20.1. The van der Waals surface area contributed by atoms with Gasteiger partial charge in [0.05, 0.1) is 6.10 Å².